The van der Waals surface area contributed by atoms with Gasteiger partial charge in [-0.25, -0.2) is 0 Å². The third-order valence-electron chi connectivity index (χ3n) is 4.02. The summed E-state index contributed by atoms with van der Waals surface area (Å²) in [4.78, 5) is 2.45. The van der Waals surface area contributed by atoms with Crippen molar-refractivity contribution in [1.82, 2.24) is 10.2 Å². The number of benzene rings is 1. The van der Waals surface area contributed by atoms with Crippen molar-refractivity contribution in [3.05, 3.63) is 23.8 Å². The lowest BCUT2D eigenvalue weighted by molar-refractivity contribution is 0.171. The second-order valence-electron chi connectivity index (χ2n) is 5.36. The smallest absolute Gasteiger partial charge is 0.161 e. The van der Waals surface area contributed by atoms with Gasteiger partial charge in [-0.15, -0.1) is 0 Å². The van der Waals surface area contributed by atoms with Crippen molar-refractivity contribution in [2.75, 3.05) is 39.9 Å². The minimum atomic E-state index is 0.641. The first kappa shape index (κ1) is 12.8. The predicted octanol–water partition coefficient (Wildman–Crippen LogP) is 1.29. The van der Waals surface area contributed by atoms with E-state index < -0.39 is 0 Å². The predicted molar refractivity (Wildman–Crippen MR) is 75.0 cm³/mol. The minimum Gasteiger partial charge on any atom is -0.486 e. The fourth-order valence-electron chi connectivity index (χ4n) is 2.76. The fourth-order valence-corrected chi connectivity index (χ4v) is 2.76. The van der Waals surface area contributed by atoms with Crippen LogP contribution in [0.25, 0.3) is 0 Å². The molecule has 104 valence electrons. The molecule has 19 heavy (non-hydrogen) atoms. The molecule has 4 heteroatoms. The van der Waals surface area contributed by atoms with Crippen molar-refractivity contribution < 1.29 is 9.47 Å². The van der Waals surface area contributed by atoms with Crippen LogP contribution in [0.3, 0.4) is 0 Å². The Balaban J connectivity index is 1.60. The zero-order chi connectivity index (χ0) is 13.1. The standard InChI is InChI=1S/C15H22N2O2/c1-17-7-6-16-11-13(17)4-2-12-3-5-14-15(10-12)19-9-8-18-14/h3,5,10,13,16H,2,4,6-9,11H2,1H3. The molecule has 1 saturated heterocycles. The lowest BCUT2D eigenvalue weighted by atomic mass is 10.0. The maximum absolute atomic E-state index is 5.63. The summed E-state index contributed by atoms with van der Waals surface area (Å²) in [5.41, 5.74) is 1.34. The van der Waals surface area contributed by atoms with Crippen molar-refractivity contribution in [3.63, 3.8) is 0 Å². The van der Waals surface area contributed by atoms with E-state index in [1.54, 1.807) is 0 Å². The lowest BCUT2D eigenvalue weighted by Crippen LogP contribution is -2.49. The first-order chi connectivity index (χ1) is 9.33. The normalized spacial score (nSPS) is 23.3. The molecular formula is C15H22N2O2. The molecule has 2 aliphatic heterocycles. The molecule has 3 rings (SSSR count). The highest BCUT2D eigenvalue weighted by Crippen LogP contribution is 2.31. The van der Waals surface area contributed by atoms with Gasteiger partial charge in [0.05, 0.1) is 0 Å². The molecule has 2 heterocycles. The first-order valence-corrected chi connectivity index (χ1v) is 7.12. The van der Waals surface area contributed by atoms with E-state index in [0.29, 0.717) is 19.3 Å². The Bertz CT molecular complexity index is 436. The van der Waals surface area contributed by atoms with Gasteiger partial charge in [-0.1, -0.05) is 6.07 Å². The fraction of sp³-hybridized carbons (Fsp3) is 0.600. The molecule has 1 atom stereocenters. The number of rotatable bonds is 3. The van der Waals surface area contributed by atoms with Gasteiger partial charge in [0.2, 0.25) is 0 Å². The Labute approximate surface area is 114 Å². The van der Waals surface area contributed by atoms with Gasteiger partial charge in [-0.2, -0.15) is 0 Å². The van der Waals surface area contributed by atoms with Crippen molar-refractivity contribution in [3.8, 4) is 11.5 Å². The van der Waals surface area contributed by atoms with Gasteiger partial charge in [0.1, 0.15) is 13.2 Å². The molecule has 0 amide bonds. The quantitative estimate of drug-likeness (QED) is 0.890. The zero-order valence-electron chi connectivity index (χ0n) is 11.5. The topological polar surface area (TPSA) is 33.7 Å². The monoisotopic (exact) mass is 262 g/mol. The van der Waals surface area contributed by atoms with E-state index in [9.17, 15) is 0 Å². The van der Waals surface area contributed by atoms with E-state index in [1.807, 2.05) is 6.07 Å². The number of hydrogen-bond donors (Lipinski definition) is 1. The minimum absolute atomic E-state index is 0.641. The second-order valence-corrected chi connectivity index (χ2v) is 5.36. The number of nitrogens with zero attached hydrogens (tertiary/aromatic N) is 1. The van der Waals surface area contributed by atoms with E-state index in [1.165, 1.54) is 12.0 Å². The molecule has 2 aliphatic rings. The molecule has 1 unspecified atom stereocenters. The van der Waals surface area contributed by atoms with Crippen LogP contribution in [0.15, 0.2) is 18.2 Å². The molecule has 1 aromatic rings. The first-order valence-electron chi connectivity index (χ1n) is 7.12. The maximum Gasteiger partial charge on any atom is 0.161 e. The van der Waals surface area contributed by atoms with Crippen molar-refractivity contribution in [1.29, 1.82) is 0 Å². The molecule has 0 saturated carbocycles. The van der Waals surface area contributed by atoms with Crippen LogP contribution in [-0.4, -0.2) is 50.8 Å². The second kappa shape index (κ2) is 5.80. The van der Waals surface area contributed by atoms with E-state index >= 15 is 0 Å². The number of fused-ring (bicyclic) bond motifs is 1. The zero-order valence-corrected chi connectivity index (χ0v) is 11.5. The number of likely N-dealkylation sites (N-methyl/N-ethyl adjacent to an activating group) is 1. The van der Waals surface area contributed by atoms with Gasteiger partial charge in [0, 0.05) is 25.7 Å². The van der Waals surface area contributed by atoms with Crippen LogP contribution in [0, 0.1) is 0 Å². The van der Waals surface area contributed by atoms with Crippen LogP contribution in [0.1, 0.15) is 12.0 Å². The van der Waals surface area contributed by atoms with E-state index in [2.05, 4.69) is 29.4 Å². The summed E-state index contributed by atoms with van der Waals surface area (Å²) >= 11 is 0. The Kier molecular flexibility index (Phi) is 3.89. The van der Waals surface area contributed by atoms with Crippen molar-refractivity contribution in [2.24, 2.45) is 0 Å². The summed E-state index contributed by atoms with van der Waals surface area (Å²) in [6.45, 7) is 4.67. The molecule has 0 radical (unpaired) electrons. The van der Waals surface area contributed by atoms with Crippen molar-refractivity contribution >= 4 is 0 Å². The molecule has 0 aromatic heterocycles. The molecule has 0 spiro atoms. The molecule has 4 nitrogen and oxygen atoms in total. The average Bonchev–Trinajstić information content (AvgIpc) is 2.46. The van der Waals surface area contributed by atoms with Gasteiger partial charge in [-0.05, 0) is 37.6 Å². The van der Waals surface area contributed by atoms with Crippen LogP contribution in [-0.2, 0) is 6.42 Å². The summed E-state index contributed by atoms with van der Waals surface area (Å²) in [6.07, 6.45) is 2.27. The van der Waals surface area contributed by atoms with Crippen LogP contribution in [0.4, 0.5) is 0 Å². The summed E-state index contributed by atoms with van der Waals surface area (Å²) in [6, 6.07) is 6.96. The number of nitrogens with one attached hydrogen (secondary N) is 1. The van der Waals surface area contributed by atoms with Crippen molar-refractivity contribution in [2.45, 2.75) is 18.9 Å². The van der Waals surface area contributed by atoms with E-state index in [4.69, 9.17) is 9.47 Å². The van der Waals surface area contributed by atoms with Gasteiger partial charge < -0.3 is 19.7 Å². The number of piperazine rings is 1. The van der Waals surface area contributed by atoms with E-state index in [0.717, 1.165) is 37.6 Å². The number of aryl methyl sites for hydroxylation is 1. The maximum atomic E-state index is 5.63. The SMILES string of the molecule is CN1CCNCC1CCc1ccc2c(c1)OCCO2. The summed E-state index contributed by atoms with van der Waals surface area (Å²) in [5.74, 6) is 1.78. The van der Waals surface area contributed by atoms with Gasteiger partial charge in [0.25, 0.3) is 0 Å². The summed E-state index contributed by atoms with van der Waals surface area (Å²) in [7, 11) is 2.22. The molecule has 1 aromatic carbocycles. The molecule has 0 bridgehead atoms. The third-order valence-corrected chi connectivity index (χ3v) is 4.02. The Morgan fingerprint density at radius 1 is 1.26 bits per heavy atom. The van der Waals surface area contributed by atoms with Gasteiger partial charge >= 0.3 is 0 Å². The highest BCUT2D eigenvalue weighted by molar-refractivity contribution is 5.43. The highest BCUT2D eigenvalue weighted by Gasteiger charge is 2.18. The molecule has 1 fully saturated rings. The lowest BCUT2D eigenvalue weighted by Gasteiger charge is -2.33. The molecular weight excluding hydrogens is 240 g/mol. The Hall–Kier alpha value is -1.26. The largest absolute Gasteiger partial charge is 0.486 e. The number of hydrogen-bond acceptors (Lipinski definition) is 4. The van der Waals surface area contributed by atoms with Gasteiger partial charge in [-0.3, -0.25) is 0 Å². The number of ether oxygens (including phenoxy) is 2. The summed E-state index contributed by atoms with van der Waals surface area (Å²) < 4.78 is 11.2. The van der Waals surface area contributed by atoms with Gasteiger partial charge in [0.15, 0.2) is 11.5 Å². The molecule has 1 N–H and O–H groups in total. The van der Waals surface area contributed by atoms with Crippen LogP contribution < -0.4 is 14.8 Å². The molecule has 0 aliphatic carbocycles. The Morgan fingerprint density at radius 3 is 2.95 bits per heavy atom. The van der Waals surface area contributed by atoms with Crippen LogP contribution in [0.2, 0.25) is 0 Å². The van der Waals surface area contributed by atoms with Crippen LogP contribution >= 0.6 is 0 Å². The van der Waals surface area contributed by atoms with Crippen LogP contribution in [0.5, 0.6) is 11.5 Å². The summed E-state index contributed by atoms with van der Waals surface area (Å²) in [5, 5.41) is 3.47. The average molecular weight is 262 g/mol. The Morgan fingerprint density at radius 2 is 2.11 bits per heavy atom. The third kappa shape index (κ3) is 3.01. The van der Waals surface area contributed by atoms with E-state index in [-0.39, 0.29) is 0 Å². The highest BCUT2D eigenvalue weighted by atomic mass is 16.6.